The maximum Gasteiger partial charge on any atom is 0.186 e. The molecule has 0 heterocycles. The fourth-order valence-corrected chi connectivity index (χ4v) is 3.78. The number of thioether (sulfide) groups is 1. The first-order valence-corrected chi connectivity index (χ1v) is 5.31. The van der Waals surface area contributed by atoms with E-state index in [1.807, 2.05) is 0 Å². The minimum Gasteiger partial charge on any atom is -0.288 e. The summed E-state index contributed by atoms with van der Waals surface area (Å²) in [6, 6.07) is 0. The molecule has 1 nitrogen and oxygen atoms in total. The van der Waals surface area contributed by atoms with Gasteiger partial charge in [-0.05, 0) is 31.1 Å². The van der Waals surface area contributed by atoms with Gasteiger partial charge in [-0.15, -0.1) is 0 Å². The lowest BCUT2D eigenvalue weighted by Gasteiger charge is -2.18. The number of hydrogen-bond donors (Lipinski definition) is 0. The summed E-state index contributed by atoms with van der Waals surface area (Å²) in [6.45, 7) is 1.69. The molecular weight excluding hydrogens is 156 g/mol. The minimum atomic E-state index is 0.308. The van der Waals surface area contributed by atoms with Gasteiger partial charge in [0.15, 0.2) is 5.12 Å². The Morgan fingerprint density at radius 1 is 1.36 bits per heavy atom. The second-order valence-corrected chi connectivity index (χ2v) is 5.24. The second-order valence-electron chi connectivity index (χ2n) is 3.82. The lowest BCUT2D eigenvalue weighted by molar-refractivity contribution is -0.109. The van der Waals surface area contributed by atoms with Crippen molar-refractivity contribution in [3.8, 4) is 0 Å². The molecule has 0 amide bonds. The normalized spacial score (nSPS) is 41.4. The van der Waals surface area contributed by atoms with Crippen LogP contribution in [0.15, 0.2) is 0 Å². The zero-order valence-electron chi connectivity index (χ0n) is 6.88. The summed E-state index contributed by atoms with van der Waals surface area (Å²) in [5.41, 5.74) is 0. The average Bonchev–Trinajstić information content (AvgIpc) is 2.45. The van der Waals surface area contributed by atoms with Crippen molar-refractivity contribution in [3.63, 3.8) is 0 Å². The molecule has 0 saturated heterocycles. The first-order chi connectivity index (χ1) is 5.25. The highest BCUT2D eigenvalue weighted by atomic mass is 32.2. The number of fused-ring (bicyclic) bond motifs is 2. The van der Waals surface area contributed by atoms with E-state index in [0.29, 0.717) is 10.4 Å². The van der Waals surface area contributed by atoms with Crippen LogP contribution in [0.5, 0.6) is 0 Å². The molecule has 0 aromatic carbocycles. The van der Waals surface area contributed by atoms with Crippen LogP contribution in [-0.4, -0.2) is 10.4 Å². The molecule has 2 heteroatoms. The molecular formula is C9H14OS. The van der Waals surface area contributed by atoms with Crippen molar-refractivity contribution in [1.82, 2.24) is 0 Å². The van der Waals surface area contributed by atoms with E-state index >= 15 is 0 Å². The van der Waals surface area contributed by atoms with Gasteiger partial charge in [0.05, 0.1) is 0 Å². The topological polar surface area (TPSA) is 17.1 Å². The van der Waals surface area contributed by atoms with Crippen molar-refractivity contribution in [2.45, 2.75) is 37.9 Å². The zero-order chi connectivity index (χ0) is 7.84. The number of rotatable bonds is 1. The molecule has 0 unspecified atom stereocenters. The average molecular weight is 170 g/mol. The largest absolute Gasteiger partial charge is 0.288 e. The molecule has 0 aromatic rings. The summed E-state index contributed by atoms with van der Waals surface area (Å²) >= 11 is 1.59. The van der Waals surface area contributed by atoms with Gasteiger partial charge in [-0.25, -0.2) is 0 Å². The van der Waals surface area contributed by atoms with Crippen LogP contribution in [0, 0.1) is 11.8 Å². The van der Waals surface area contributed by atoms with Crippen LogP contribution in [0.2, 0.25) is 0 Å². The molecule has 0 radical (unpaired) electrons. The Kier molecular flexibility index (Phi) is 1.96. The van der Waals surface area contributed by atoms with Crippen molar-refractivity contribution < 1.29 is 4.79 Å². The van der Waals surface area contributed by atoms with Gasteiger partial charge in [0, 0.05) is 12.2 Å². The van der Waals surface area contributed by atoms with E-state index in [1.54, 1.807) is 18.7 Å². The van der Waals surface area contributed by atoms with E-state index in [4.69, 9.17) is 0 Å². The number of carbonyl (C=O) groups is 1. The molecule has 2 aliphatic carbocycles. The highest BCUT2D eigenvalue weighted by Gasteiger charge is 2.40. The molecule has 2 bridgehead atoms. The molecule has 62 valence electrons. The summed E-state index contributed by atoms with van der Waals surface area (Å²) in [6.07, 6.45) is 5.54. The summed E-state index contributed by atoms with van der Waals surface area (Å²) in [4.78, 5) is 10.8. The smallest absolute Gasteiger partial charge is 0.186 e. The first-order valence-electron chi connectivity index (χ1n) is 4.43. The quantitative estimate of drug-likeness (QED) is 0.601. The van der Waals surface area contributed by atoms with E-state index < -0.39 is 0 Å². The van der Waals surface area contributed by atoms with Crippen LogP contribution >= 0.6 is 11.8 Å². The second kappa shape index (κ2) is 2.81. The fraction of sp³-hybridized carbons (Fsp3) is 0.889. The van der Waals surface area contributed by atoms with Gasteiger partial charge in [-0.1, -0.05) is 18.2 Å². The maximum absolute atomic E-state index is 10.8. The predicted molar refractivity (Wildman–Crippen MR) is 47.5 cm³/mol. The van der Waals surface area contributed by atoms with Gasteiger partial charge < -0.3 is 0 Å². The molecule has 0 N–H and O–H groups in total. The molecule has 0 aromatic heterocycles. The van der Waals surface area contributed by atoms with Crippen LogP contribution < -0.4 is 0 Å². The van der Waals surface area contributed by atoms with E-state index in [0.717, 1.165) is 11.8 Å². The van der Waals surface area contributed by atoms with Gasteiger partial charge in [-0.2, -0.15) is 0 Å². The highest BCUT2D eigenvalue weighted by Crippen LogP contribution is 2.49. The van der Waals surface area contributed by atoms with E-state index in [1.165, 1.54) is 25.7 Å². The Hall–Kier alpha value is 0.0200. The first kappa shape index (κ1) is 7.66. The standard InChI is InChI=1S/C9H14OS/c1-6(10)11-9-5-7-2-3-8(9)4-7/h7-9H,2-5H2,1H3/t7-,8-,9-/m1/s1. The van der Waals surface area contributed by atoms with E-state index in [-0.39, 0.29) is 0 Å². The lowest BCUT2D eigenvalue weighted by atomic mass is 10.0. The maximum atomic E-state index is 10.8. The monoisotopic (exact) mass is 170 g/mol. The molecule has 2 fully saturated rings. The Morgan fingerprint density at radius 2 is 2.18 bits per heavy atom. The third-order valence-electron chi connectivity index (χ3n) is 2.99. The van der Waals surface area contributed by atoms with Crippen molar-refractivity contribution in [1.29, 1.82) is 0 Å². The fourth-order valence-electron chi connectivity index (χ4n) is 2.54. The number of carbonyl (C=O) groups excluding carboxylic acids is 1. The Balaban J connectivity index is 1.92. The predicted octanol–water partition coefficient (Wildman–Crippen LogP) is 2.45. The van der Waals surface area contributed by atoms with Crippen molar-refractivity contribution in [2.24, 2.45) is 11.8 Å². The van der Waals surface area contributed by atoms with Crippen LogP contribution in [0.4, 0.5) is 0 Å². The summed E-state index contributed by atoms with van der Waals surface area (Å²) in [5, 5.41) is 0.994. The highest BCUT2D eigenvalue weighted by molar-refractivity contribution is 8.14. The summed E-state index contributed by atoms with van der Waals surface area (Å²) in [5.74, 6) is 1.85. The van der Waals surface area contributed by atoms with Gasteiger partial charge in [0.2, 0.25) is 0 Å². The van der Waals surface area contributed by atoms with Crippen molar-refractivity contribution in [2.75, 3.05) is 0 Å². The van der Waals surface area contributed by atoms with Gasteiger partial charge in [-0.3, -0.25) is 4.79 Å². The Bertz CT molecular complexity index is 178. The van der Waals surface area contributed by atoms with Crippen molar-refractivity contribution in [3.05, 3.63) is 0 Å². The summed E-state index contributed by atoms with van der Waals surface area (Å²) < 4.78 is 0. The molecule has 3 atom stereocenters. The Morgan fingerprint density at radius 3 is 2.64 bits per heavy atom. The van der Waals surface area contributed by atoms with Gasteiger partial charge >= 0.3 is 0 Å². The molecule has 11 heavy (non-hydrogen) atoms. The number of hydrogen-bond acceptors (Lipinski definition) is 2. The zero-order valence-corrected chi connectivity index (χ0v) is 7.69. The van der Waals surface area contributed by atoms with Crippen LogP contribution in [-0.2, 0) is 4.79 Å². The molecule has 0 spiro atoms. The minimum absolute atomic E-state index is 0.308. The van der Waals surface area contributed by atoms with Gasteiger partial charge in [0.1, 0.15) is 0 Å². The lowest BCUT2D eigenvalue weighted by Crippen LogP contribution is -2.13. The molecule has 2 rings (SSSR count). The van der Waals surface area contributed by atoms with Crippen LogP contribution in [0.3, 0.4) is 0 Å². The Labute approximate surface area is 71.9 Å². The van der Waals surface area contributed by atoms with E-state index in [2.05, 4.69) is 0 Å². The molecule has 0 aliphatic heterocycles. The molecule has 2 saturated carbocycles. The SMILES string of the molecule is CC(=O)S[C@@H]1C[C@@H]2CC[C@@H]1C2. The van der Waals surface area contributed by atoms with Gasteiger partial charge in [0.25, 0.3) is 0 Å². The van der Waals surface area contributed by atoms with Crippen LogP contribution in [0.25, 0.3) is 0 Å². The third kappa shape index (κ3) is 1.46. The third-order valence-corrected chi connectivity index (χ3v) is 4.20. The van der Waals surface area contributed by atoms with E-state index in [9.17, 15) is 4.79 Å². The molecule has 2 aliphatic rings. The summed E-state index contributed by atoms with van der Waals surface area (Å²) in [7, 11) is 0. The van der Waals surface area contributed by atoms with Crippen LogP contribution in [0.1, 0.15) is 32.6 Å². The van der Waals surface area contributed by atoms with Crippen molar-refractivity contribution >= 4 is 16.9 Å².